The molecule has 4 heterocycles. The minimum atomic E-state index is -0.581. The minimum Gasteiger partial charge on any atom is -0.385 e. The largest absolute Gasteiger partial charge is 0.385 e. The zero-order valence-electron chi connectivity index (χ0n) is 24.9. The summed E-state index contributed by atoms with van der Waals surface area (Å²) in [6, 6.07) is 4.44. The Morgan fingerprint density at radius 1 is 1.17 bits per heavy atom. The molecular weight excluding hydrogens is 518 g/mol. The van der Waals surface area contributed by atoms with Crippen LogP contribution in [0.1, 0.15) is 50.7 Å². The Morgan fingerprint density at radius 3 is 2.73 bits per heavy atom. The fourth-order valence-corrected chi connectivity index (χ4v) is 6.58. The Hall–Kier alpha value is -3.34. The van der Waals surface area contributed by atoms with Crippen LogP contribution < -0.4 is 21.4 Å². The van der Waals surface area contributed by atoms with E-state index in [2.05, 4.69) is 39.5 Å². The summed E-state index contributed by atoms with van der Waals surface area (Å²) in [5.41, 5.74) is 5.87. The van der Waals surface area contributed by atoms with Gasteiger partial charge in [0.2, 0.25) is 5.91 Å². The van der Waals surface area contributed by atoms with Gasteiger partial charge in [0.25, 0.3) is 5.91 Å². The van der Waals surface area contributed by atoms with Crippen LogP contribution >= 0.6 is 0 Å². The number of fused-ring (bicyclic) bond motifs is 1. The van der Waals surface area contributed by atoms with E-state index in [0.29, 0.717) is 18.7 Å². The lowest BCUT2D eigenvalue weighted by Gasteiger charge is -2.40. The lowest BCUT2D eigenvalue weighted by molar-refractivity contribution is -0.129. The number of ether oxygens (including phenoxy) is 1. The molecule has 4 N–H and O–H groups in total. The Kier molecular flexibility index (Phi) is 9.01. The van der Waals surface area contributed by atoms with Crippen molar-refractivity contribution in [1.29, 1.82) is 0 Å². The molecule has 222 valence electrons. The number of carbonyl (C=O) groups excluding carboxylic acids is 2. The number of hydrogen-bond donors (Lipinski definition) is 3. The predicted molar refractivity (Wildman–Crippen MR) is 162 cm³/mol. The van der Waals surface area contributed by atoms with Gasteiger partial charge in [-0.05, 0) is 75.8 Å². The number of aryl methyl sites for hydroxylation is 1. The van der Waals surface area contributed by atoms with Gasteiger partial charge in [0.1, 0.15) is 0 Å². The standard InChI is InChI=1S/C31H45N7O3/c1-5-8-28(39)36-13-7-6-9-25(19-36)37-29-21(2)15-23(18-35-14-11-26(20-35)41-4)17-27(29)34-31(37)38(32)30(40)24-10-12-33-22(3)16-24/h5,8,10,15-17,25-26,31,33-34H,6-7,9,11-14,18-20,32H2,1-4H3/b8-5+/t25-,26-,31?/m1/s1. The third-order valence-electron chi connectivity index (χ3n) is 8.62. The zero-order valence-corrected chi connectivity index (χ0v) is 24.9. The minimum absolute atomic E-state index is 0.00539. The molecule has 3 atom stereocenters. The number of likely N-dealkylation sites (tertiary alicyclic amines) is 2. The summed E-state index contributed by atoms with van der Waals surface area (Å²) in [7, 11) is 1.78. The van der Waals surface area contributed by atoms with Crippen molar-refractivity contribution in [3.8, 4) is 0 Å². The van der Waals surface area contributed by atoms with Crippen LogP contribution in [0, 0.1) is 6.92 Å². The third-order valence-corrected chi connectivity index (χ3v) is 8.62. The van der Waals surface area contributed by atoms with Gasteiger partial charge in [-0.15, -0.1) is 0 Å². The fraction of sp³-hybridized carbons (Fsp3) is 0.548. The first-order valence-corrected chi connectivity index (χ1v) is 14.8. The number of nitrogens with one attached hydrogen (secondary N) is 2. The number of hydrazine groups is 1. The van der Waals surface area contributed by atoms with E-state index >= 15 is 0 Å². The molecule has 4 aliphatic heterocycles. The molecule has 2 saturated heterocycles. The molecule has 4 aliphatic rings. The molecule has 0 saturated carbocycles. The van der Waals surface area contributed by atoms with Crippen molar-refractivity contribution in [2.24, 2.45) is 5.84 Å². The first-order chi connectivity index (χ1) is 19.8. The van der Waals surface area contributed by atoms with E-state index in [1.165, 1.54) is 10.6 Å². The zero-order chi connectivity index (χ0) is 29.1. The molecule has 1 aromatic carbocycles. The highest BCUT2D eigenvalue weighted by molar-refractivity contribution is 5.97. The number of nitrogens with zero attached hydrogens (tertiary/aromatic N) is 4. The molecule has 0 radical (unpaired) electrons. The van der Waals surface area contributed by atoms with Gasteiger partial charge in [-0.1, -0.05) is 18.2 Å². The number of amides is 2. The Balaban J connectivity index is 1.47. The van der Waals surface area contributed by atoms with Gasteiger partial charge in [-0.3, -0.25) is 14.5 Å². The molecule has 0 spiro atoms. The predicted octanol–water partition coefficient (Wildman–Crippen LogP) is 2.82. The van der Waals surface area contributed by atoms with Crippen LogP contribution in [-0.4, -0.2) is 84.9 Å². The molecule has 0 aromatic heterocycles. The van der Waals surface area contributed by atoms with Gasteiger partial charge in [0, 0.05) is 57.6 Å². The molecule has 10 heteroatoms. The summed E-state index contributed by atoms with van der Waals surface area (Å²) in [5.74, 6) is 6.47. The molecule has 41 heavy (non-hydrogen) atoms. The van der Waals surface area contributed by atoms with Crippen LogP contribution in [0.15, 0.2) is 47.7 Å². The molecule has 0 bridgehead atoms. The van der Waals surface area contributed by atoms with Crippen molar-refractivity contribution in [2.45, 2.75) is 71.4 Å². The summed E-state index contributed by atoms with van der Waals surface area (Å²) < 4.78 is 5.57. The SMILES string of the molecule is C/C=C/C(=O)N1CCCC[C@@H](N2c3c(C)cc(CN4CC[C@@H](OC)C4)cc3NC2N(N)C(=O)C2=CCNC(C)=C2)C1. The fourth-order valence-electron chi connectivity index (χ4n) is 6.58. The highest BCUT2D eigenvalue weighted by Gasteiger charge is 2.41. The Bertz CT molecular complexity index is 1240. The Labute approximate surface area is 243 Å². The molecule has 1 aromatic rings. The van der Waals surface area contributed by atoms with Crippen molar-refractivity contribution in [3.63, 3.8) is 0 Å². The monoisotopic (exact) mass is 563 g/mol. The molecule has 2 amide bonds. The maximum atomic E-state index is 13.7. The van der Waals surface area contributed by atoms with Gasteiger partial charge >= 0.3 is 0 Å². The van der Waals surface area contributed by atoms with Crippen molar-refractivity contribution in [1.82, 2.24) is 20.1 Å². The van der Waals surface area contributed by atoms with Crippen LogP contribution in [0.5, 0.6) is 0 Å². The van der Waals surface area contributed by atoms with Crippen LogP contribution in [0.25, 0.3) is 0 Å². The molecular formula is C31H45N7O3. The maximum Gasteiger partial charge on any atom is 0.270 e. The normalized spacial score (nSPS) is 24.9. The summed E-state index contributed by atoms with van der Waals surface area (Å²) in [5, 5.41) is 8.16. The Morgan fingerprint density at radius 2 is 2.00 bits per heavy atom. The number of benzene rings is 1. The second-order valence-electron chi connectivity index (χ2n) is 11.6. The molecule has 10 nitrogen and oxygen atoms in total. The van der Waals surface area contributed by atoms with E-state index in [9.17, 15) is 9.59 Å². The van der Waals surface area contributed by atoms with Crippen molar-refractivity contribution >= 4 is 23.2 Å². The van der Waals surface area contributed by atoms with E-state index in [1.807, 2.05) is 30.9 Å². The van der Waals surface area contributed by atoms with E-state index in [0.717, 1.165) is 74.5 Å². The summed E-state index contributed by atoms with van der Waals surface area (Å²) >= 11 is 0. The van der Waals surface area contributed by atoms with Gasteiger partial charge < -0.3 is 25.2 Å². The van der Waals surface area contributed by atoms with Crippen molar-refractivity contribution < 1.29 is 14.3 Å². The summed E-state index contributed by atoms with van der Waals surface area (Å²) in [6.07, 6.45) is 10.7. The third kappa shape index (κ3) is 6.29. The van der Waals surface area contributed by atoms with Crippen LogP contribution in [0.2, 0.25) is 0 Å². The topological polar surface area (TPSA) is 106 Å². The summed E-state index contributed by atoms with van der Waals surface area (Å²) in [6.45, 7) is 10.6. The molecule has 2 fully saturated rings. The second-order valence-corrected chi connectivity index (χ2v) is 11.6. The number of dihydropyridines is 1. The van der Waals surface area contributed by atoms with Crippen molar-refractivity contribution in [3.05, 3.63) is 58.8 Å². The second kappa shape index (κ2) is 12.7. The molecule has 1 unspecified atom stereocenters. The lowest BCUT2D eigenvalue weighted by Crippen LogP contribution is -2.60. The average molecular weight is 564 g/mol. The number of allylic oxidation sites excluding steroid dienone is 2. The smallest absolute Gasteiger partial charge is 0.270 e. The lowest BCUT2D eigenvalue weighted by atomic mass is 10.0. The highest BCUT2D eigenvalue weighted by atomic mass is 16.5. The first kappa shape index (κ1) is 29.2. The van der Waals surface area contributed by atoms with E-state index in [-0.39, 0.29) is 24.0 Å². The quantitative estimate of drug-likeness (QED) is 0.201. The number of nitrogens with two attached hydrogens (primary N) is 1. The van der Waals surface area contributed by atoms with Gasteiger partial charge in [-0.2, -0.15) is 0 Å². The number of anilines is 2. The van der Waals surface area contributed by atoms with Gasteiger partial charge in [0.15, 0.2) is 6.29 Å². The highest BCUT2D eigenvalue weighted by Crippen LogP contribution is 2.42. The van der Waals surface area contributed by atoms with Gasteiger partial charge in [-0.25, -0.2) is 10.9 Å². The number of rotatable bonds is 7. The van der Waals surface area contributed by atoms with E-state index < -0.39 is 6.29 Å². The van der Waals surface area contributed by atoms with E-state index in [1.54, 1.807) is 19.3 Å². The maximum absolute atomic E-state index is 13.7. The number of carbonyl (C=O) groups is 2. The van der Waals surface area contributed by atoms with Crippen LogP contribution in [-0.2, 0) is 20.9 Å². The number of methoxy groups -OCH3 is 1. The summed E-state index contributed by atoms with van der Waals surface area (Å²) in [4.78, 5) is 33.2. The van der Waals surface area contributed by atoms with E-state index in [4.69, 9.17) is 10.6 Å². The number of hydrogen-bond acceptors (Lipinski definition) is 8. The first-order valence-electron chi connectivity index (χ1n) is 14.8. The van der Waals surface area contributed by atoms with Crippen molar-refractivity contribution in [2.75, 3.05) is 50.1 Å². The van der Waals surface area contributed by atoms with Gasteiger partial charge in [0.05, 0.1) is 23.5 Å². The molecule has 5 rings (SSSR count). The average Bonchev–Trinajstić information content (AvgIpc) is 3.49. The van der Waals surface area contributed by atoms with Crippen LogP contribution in [0.4, 0.5) is 11.4 Å². The molecule has 0 aliphatic carbocycles. The van der Waals surface area contributed by atoms with Crippen LogP contribution in [0.3, 0.4) is 0 Å².